The third-order valence-electron chi connectivity index (χ3n) is 6.36. The van der Waals surface area contributed by atoms with Crippen LogP contribution < -0.4 is 4.74 Å². The smallest absolute Gasteiger partial charge is 0.227 e. The molecule has 2 atom stereocenters. The quantitative estimate of drug-likeness (QED) is 0.343. The van der Waals surface area contributed by atoms with E-state index in [0.717, 1.165) is 36.4 Å². The first-order valence-corrected chi connectivity index (χ1v) is 13.2. The minimum atomic E-state index is -0.658. The number of aliphatic hydroxyl groups excluding tert-OH is 1. The van der Waals surface area contributed by atoms with Crippen LogP contribution >= 0.6 is 0 Å². The first-order valence-electron chi connectivity index (χ1n) is 13.2. The van der Waals surface area contributed by atoms with Gasteiger partial charge in [0, 0.05) is 26.2 Å². The first-order chi connectivity index (χ1) is 17.9. The number of benzene rings is 2. The highest BCUT2D eigenvalue weighted by Crippen LogP contribution is 2.33. The molecule has 1 aliphatic rings. The molecule has 200 valence electrons. The van der Waals surface area contributed by atoms with Gasteiger partial charge in [-0.15, -0.1) is 0 Å². The van der Waals surface area contributed by atoms with E-state index in [-0.39, 0.29) is 24.6 Å². The number of aliphatic hydroxyl groups is 1. The molecule has 0 amide bonds. The lowest BCUT2D eigenvalue weighted by molar-refractivity contribution is -0.0173. The van der Waals surface area contributed by atoms with E-state index in [2.05, 4.69) is 4.90 Å². The van der Waals surface area contributed by atoms with Crippen molar-refractivity contribution in [1.29, 1.82) is 0 Å². The summed E-state index contributed by atoms with van der Waals surface area (Å²) in [5, 5.41) is 15.6. The molecule has 4 rings (SSSR count). The molecule has 0 spiro atoms. The van der Waals surface area contributed by atoms with Crippen molar-refractivity contribution in [1.82, 2.24) is 14.7 Å². The van der Waals surface area contributed by atoms with Crippen LogP contribution in [0.2, 0.25) is 0 Å². The Morgan fingerprint density at radius 3 is 2.59 bits per heavy atom. The summed E-state index contributed by atoms with van der Waals surface area (Å²) in [5.74, 6) is 0.169. The van der Waals surface area contributed by atoms with Gasteiger partial charge in [0.25, 0.3) is 0 Å². The SMILES string of the molecule is CCc1nn(-c2ccccc2)c(Oc2ccccc2F)c1CN(C[C@@H](O)COC(C)C)C[C@@H]1CCCO1. The summed E-state index contributed by atoms with van der Waals surface area (Å²) in [6.45, 7) is 8.50. The average molecular weight is 512 g/mol. The molecule has 3 aromatic rings. The number of aryl methyl sites for hydroxylation is 1. The molecule has 1 N–H and O–H groups in total. The maximum absolute atomic E-state index is 14.7. The van der Waals surface area contributed by atoms with Crippen molar-refractivity contribution in [3.63, 3.8) is 0 Å². The maximum Gasteiger partial charge on any atom is 0.227 e. The standard InChI is InChI=1S/C29H38FN3O4/c1-4-27-25(19-32(18-24-13-10-16-35-24)17-23(34)20-36-21(2)3)29(37-28-15-9-8-14-26(28)30)33(31-27)22-11-6-5-7-12-22/h5-9,11-12,14-15,21,23-24,34H,4,10,13,16-20H2,1-3H3/t23-,24+/m1/s1. The molecular weight excluding hydrogens is 473 g/mol. The topological polar surface area (TPSA) is 69.0 Å². The molecule has 0 aliphatic carbocycles. The second-order valence-corrected chi connectivity index (χ2v) is 9.73. The normalized spacial score (nSPS) is 16.6. The third kappa shape index (κ3) is 7.38. The van der Waals surface area contributed by atoms with Gasteiger partial charge < -0.3 is 19.3 Å². The van der Waals surface area contributed by atoms with Crippen LogP contribution in [0.5, 0.6) is 11.6 Å². The zero-order valence-electron chi connectivity index (χ0n) is 22.0. The Labute approximate surface area is 218 Å². The van der Waals surface area contributed by atoms with E-state index in [0.29, 0.717) is 31.9 Å². The number of para-hydroxylation sites is 2. The molecule has 2 heterocycles. The number of rotatable bonds is 13. The van der Waals surface area contributed by atoms with Gasteiger partial charge in [-0.3, -0.25) is 4.90 Å². The van der Waals surface area contributed by atoms with Gasteiger partial charge in [0.15, 0.2) is 11.6 Å². The molecule has 1 fully saturated rings. The van der Waals surface area contributed by atoms with E-state index in [1.165, 1.54) is 6.07 Å². The van der Waals surface area contributed by atoms with Crippen LogP contribution in [0.1, 0.15) is 44.9 Å². The largest absolute Gasteiger partial charge is 0.435 e. The van der Waals surface area contributed by atoms with Gasteiger partial charge in [-0.2, -0.15) is 5.10 Å². The van der Waals surface area contributed by atoms with Gasteiger partial charge in [0.05, 0.1) is 41.9 Å². The second kappa shape index (κ2) is 13.1. The van der Waals surface area contributed by atoms with E-state index in [1.807, 2.05) is 51.1 Å². The molecule has 0 radical (unpaired) electrons. The second-order valence-electron chi connectivity index (χ2n) is 9.73. The van der Waals surface area contributed by atoms with Crippen LogP contribution in [0.15, 0.2) is 54.6 Å². The number of aromatic nitrogens is 2. The molecule has 1 aliphatic heterocycles. The van der Waals surface area contributed by atoms with Gasteiger partial charge in [-0.25, -0.2) is 9.07 Å². The zero-order chi connectivity index (χ0) is 26.2. The molecule has 1 saturated heterocycles. The van der Waals surface area contributed by atoms with E-state index in [1.54, 1.807) is 22.9 Å². The Hall–Kier alpha value is -2.78. The lowest BCUT2D eigenvalue weighted by Gasteiger charge is -2.28. The zero-order valence-corrected chi connectivity index (χ0v) is 22.0. The number of ether oxygens (including phenoxy) is 3. The maximum atomic E-state index is 14.7. The molecule has 7 nitrogen and oxygen atoms in total. The van der Waals surface area contributed by atoms with E-state index in [9.17, 15) is 9.50 Å². The predicted molar refractivity (Wildman–Crippen MR) is 141 cm³/mol. The molecule has 2 aromatic carbocycles. The van der Waals surface area contributed by atoms with Crippen molar-refractivity contribution in [2.45, 2.75) is 64.9 Å². The van der Waals surface area contributed by atoms with E-state index >= 15 is 0 Å². The van der Waals surface area contributed by atoms with Gasteiger partial charge in [-0.05, 0) is 57.4 Å². The fourth-order valence-corrected chi connectivity index (χ4v) is 4.56. The predicted octanol–water partition coefficient (Wildman–Crippen LogP) is 5.13. The van der Waals surface area contributed by atoms with Crippen molar-refractivity contribution in [3.8, 4) is 17.3 Å². The van der Waals surface area contributed by atoms with E-state index < -0.39 is 11.9 Å². The molecule has 0 unspecified atom stereocenters. The number of hydrogen-bond acceptors (Lipinski definition) is 6. The van der Waals surface area contributed by atoms with Crippen LogP contribution in [0.4, 0.5) is 4.39 Å². The van der Waals surface area contributed by atoms with E-state index in [4.69, 9.17) is 19.3 Å². The summed E-state index contributed by atoms with van der Waals surface area (Å²) in [7, 11) is 0. The Morgan fingerprint density at radius 2 is 1.92 bits per heavy atom. The van der Waals surface area contributed by atoms with Crippen LogP contribution in [0.3, 0.4) is 0 Å². The number of nitrogens with zero attached hydrogens (tertiary/aromatic N) is 3. The molecule has 8 heteroatoms. The summed E-state index contributed by atoms with van der Waals surface area (Å²) in [6.07, 6.45) is 2.17. The van der Waals surface area contributed by atoms with Crippen molar-refractivity contribution in [2.24, 2.45) is 0 Å². The average Bonchev–Trinajstić information content (AvgIpc) is 3.52. The summed E-state index contributed by atoms with van der Waals surface area (Å²) in [6, 6.07) is 16.1. The third-order valence-corrected chi connectivity index (χ3v) is 6.36. The van der Waals surface area contributed by atoms with Crippen LogP contribution in [-0.2, 0) is 22.4 Å². The summed E-state index contributed by atoms with van der Waals surface area (Å²) >= 11 is 0. The minimum absolute atomic E-state index is 0.0397. The highest BCUT2D eigenvalue weighted by atomic mass is 19.1. The molecule has 0 bridgehead atoms. The van der Waals surface area contributed by atoms with Crippen molar-refractivity contribution in [2.75, 3.05) is 26.3 Å². The van der Waals surface area contributed by atoms with Gasteiger partial charge in [-0.1, -0.05) is 37.3 Å². The monoisotopic (exact) mass is 511 g/mol. The van der Waals surface area contributed by atoms with Gasteiger partial charge >= 0.3 is 0 Å². The van der Waals surface area contributed by atoms with Crippen LogP contribution in [0, 0.1) is 5.82 Å². The fourth-order valence-electron chi connectivity index (χ4n) is 4.56. The Kier molecular flexibility index (Phi) is 9.68. The summed E-state index contributed by atoms with van der Waals surface area (Å²) in [4.78, 5) is 2.17. The van der Waals surface area contributed by atoms with Crippen LogP contribution in [-0.4, -0.2) is 64.4 Å². The number of halogens is 1. The Morgan fingerprint density at radius 1 is 1.16 bits per heavy atom. The van der Waals surface area contributed by atoms with Gasteiger partial charge in [0.1, 0.15) is 0 Å². The highest BCUT2D eigenvalue weighted by molar-refractivity contribution is 5.44. The van der Waals surface area contributed by atoms with Crippen molar-refractivity contribution in [3.05, 3.63) is 71.7 Å². The Balaban J connectivity index is 1.69. The fraction of sp³-hybridized carbons (Fsp3) is 0.483. The minimum Gasteiger partial charge on any atom is -0.435 e. The first kappa shape index (κ1) is 27.3. The lowest BCUT2D eigenvalue weighted by Crippen LogP contribution is -2.39. The molecule has 1 aromatic heterocycles. The molecular formula is C29H38FN3O4. The lowest BCUT2D eigenvalue weighted by atomic mass is 10.1. The highest BCUT2D eigenvalue weighted by Gasteiger charge is 2.27. The van der Waals surface area contributed by atoms with Crippen molar-refractivity contribution < 1.29 is 23.7 Å². The summed E-state index contributed by atoms with van der Waals surface area (Å²) in [5.41, 5.74) is 2.55. The number of hydrogen-bond donors (Lipinski definition) is 1. The Bertz CT molecular complexity index is 1120. The molecule has 0 saturated carbocycles. The summed E-state index contributed by atoms with van der Waals surface area (Å²) < 4.78 is 34.2. The van der Waals surface area contributed by atoms with Crippen LogP contribution in [0.25, 0.3) is 5.69 Å². The van der Waals surface area contributed by atoms with Crippen molar-refractivity contribution >= 4 is 0 Å². The molecule has 37 heavy (non-hydrogen) atoms. The van der Waals surface area contributed by atoms with Gasteiger partial charge in [0.2, 0.25) is 5.88 Å².